The van der Waals surface area contributed by atoms with E-state index < -0.39 is 0 Å². The minimum atomic E-state index is 0.400. The summed E-state index contributed by atoms with van der Waals surface area (Å²) >= 11 is 0. The van der Waals surface area contributed by atoms with Gasteiger partial charge in [0.2, 0.25) is 0 Å². The Morgan fingerprint density at radius 2 is 2.06 bits per heavy atom. The van der Waals surface area contributed by atoms with Crippen LogP contribution in [0, 0.1) is 6.92 Å². The molecule has 1 aliphatic rings. The number of nitrogens with zero attached hydrogens (tertiary/aromatic N) is 3. The molecule has 0 unspecified atom stereocenters. The molecule has 4 nitrogen and oxygen atoms in total. The molecule has 17 heavy (non-hydrogen) atoms. The van der Waals surface area contributed by atoms with Crippen LogP contribution in [0.25, 0.3) is 0 Å². The van der Waals surface area contributed by atoms with Crippen LogP contribution in [0.2, 0.25) is 0 Å². The first kappa shape index (κ1) is 12.3. The van der Waals surface area contributed by atoms with Gasteiger partial charge in [0, 0.05) is 24.8 Å². The predicted molar refractivity (Wildman–Crippen MR) is 70.0 cm³/mol. The summed E-state index contributed by atoms with van der Waals surface area (Å²) in [5, 5.41) is 0. The van der Waals surface area contributed by atoms with E-state index in [1.807, 2.05) is 19.2 Å². The van der Waals surface area contributed by atoms with Gasteiger partial charge >= 0.3 is 0 Å². The second kappa shape index (κ2) is 5.45. The number of hydrogen-bond donors (Lipinski definition) is 1. The van der Waals surface area contributed by atoms with E-state index in [4.69, 9.17) is 5.73 Å². The summed E-state index contributed by atoms with van der Waals surface area (Å²) in [5.74, 6) is 1.90. The van der Waals surface area contributed by atoms with E-state index in [2.05, 4.69) is 21.8 Å². The molecule has 1 aliphatic carbocycles. The highest BCUT2D eigenvalue weighted by atomic mass is 15.2. The molecule has 2 N–H and O–H groups in total. The van der Waals surface area contributed by atoms with Crippen molar-refractivity contribution in [3.05, 3.63) is 18.1 Å². The monoisotopic (exact) mass is 234 g/mol. The molecule has 0 spiro atoms. The SMILES string of the molecule is CCN(c1ccnc(C)n1)C1CCC(N)CC1. The molecule has 0 atom stereocenters. The fraction of sp³-hybridized carbons (Fsp3) is 0.692. The first-order chi connectivity index (χ1) is 8.20. The Hall–Kier alpha value is -1.16. The van der Waals surface area contributed by atoms with E-state index in [9.17, 15) is 0 Å². The zero-order valence-corrected chi connectivity index (χ0v) is 10.8. The van der Waals surface area contributed by atoms with E-state index in [1.54, 1.807) is 0 Å². The molecule has 1 saturated carbocycles. The summed E-state index contributed by atoms with van der Waals surface area (Å²) in [6.07, 6.45) is 6.46. The Kier molecular flexibility index (Phi) is 3.94. The van der Waals surface area contributed by atoms with Crippen molar-refractivity contribution in [2.45, 2.75) is 51.6 Å². The number of aromatic nitrogens is 2. The molecule has 1 heterocycles. The summed E-state index contributed by atoms with van der Waals surface area (Å²) < 4.78 is 0. The molecule has 1 aromatic heterocycles. The molecule has 0 amide bonds. The van der Waals surface area contributed by atoms with Crippen molar-refractivity contribution in [2.75, 3.05) is 11.4 Å². The van der Waals surface area contributed by atoms with Gasteiger partial charge in [-0.05, 0) is 45.6 Å². The van der Waals surface area contributed by atoms with Crippen LogP contribution >= 0.6 is 0 Å². The first-order valence-electron chi connectivity index (χ1n) is 6.52. The molecule has 4 heteroatoms. The van der Waals surface area contributed by atoms with Crippen molar-refractivity contribution in [2.24, 2.45) is 5.73 Å². The van der Waals surface area contributed by atoms with Crippen molar-refractivity contribution in [3.63, 3.8) is 0 Å². The highest BCUT2D eigenvalue weighted by molar-refractivity contribution is 5.38. The Balaban J connectivity index is 2.10. The number of nitrogens with two attached hydrogens (primary N) is 1. The lowest BCUT2D eigenvalue weighted by Gasteiger charge is -2.36. The summed E-state index contributed by atoms with van der Waals surface area (Å²) in [6, 6.07) is 3.00. The highest BCUT2D eigenvalue weighted by Gasteiger charge is 2.24. The number of anilines is 1. The molecule has 1 fully saturated rings. The standard InChI is InChI=1S/C13H22N4/c1-3-17(12-6-4-11(14)5-7-12)13-8-9-15-10(2)16-13/h8-9,11-12H,3-7,14H2,1-2H3. The van der Waals surface area contributed by atoms with Gasteiger partial charge in [-0.3, -0.25) is 0 Å². The van der Waals surface area contributed by atoms with Crippen LogP contribution in [-0.2, 0) is 0 Å². The average molecular weight is 234 g/mol. The third kappa shape index (κ3) is 2.94. The number of aryl methyl sites for hydroxylation is 1. The molecule has 94 valence electrons. The van der Waals surface area contributed by atoms with E-state index in [0.717, 1.165) is 31.0 Å². The predicted octanol–water partition coefficient (Wildman–Crippen LogP) is 1.88. The molecular weight excluding hydrogens is 212 g/mol. The minimum Gasteiger partial charge on any atom is -0.354 e. The molecule has 0 radical (unpaired) electrons. The van der Waals surface area contributed by atoms with Crippen LogP contribution < -0.4 is 10.6 Å². The Morgan fingerprint density at radius 1 is 1.35 bits per heavy atom. The van der Waals surface area contributed by atoms with Gasteiger partial charge in [0.05, 0.1) is 0 Å². The van der Waals surface area contributed by atoms with Crippen LogP contribution in [0.3, 0.4) is 0 Å². The zero-order chi connectivity index (χ0) is 12.3. The van der Waals surface area contributed by atoms with Gasteiger partial charge in [-0.2, -0.15) is 0 Å². The summed E-state index contributed by atoms with van der Waals surface area (Å²) in [4.78, 5) is 11.1. The van der Waals surface area contributed by atoms with Gasteiger partial charge in [0.1, 0.15) is 11.6 Å². The second-order valence-electron chi connectivity index (χ2n) is 4.82. The lowest BCUT2D eigenvalue weighted by Crippen LogP contribution is -2.41. The van der Waals surface area contributed by atoms with Crippen molar-refractivity contribution >= 4 is 5.82 Å². The van der Waals surface area contributed by atoms with Crippen molar-refractivity contribution in [1.82, 2.24) is 9.97 Å². The number of rotatable bonds is 3. The van der Waals surface area contributed by atoms with E-state index >= 15 is 0 Å². The fourth-order valence-electron chi connectivity index (χ4n) is 2.62. The van der Waals surface area contributed by atoms with Crippen molar-refractivity contribution < 1.29 is 0 Å². The minimum absolute atomic E-state index is 0.400. The molecule has 0 aliphatic heterocycles. The van der Waals surface area contributed by atoms with Gasteiger partial charge in [0.15, 0.2) is 0 Å². The number of hydrogen-bond acceptors (Lipinski definition) is 4. The maximum atomic E-state index is 5.96. The molecule has 0 bridgehead atoms. The summed E-state index contributed by atoms with van der Waals surface area (Å²) in [7, 11) is 0. The van der Waals surface area contributed by atoms with E-state index in [1.165, 1.54) is 12.8 Å². The smallest absolute Gasteiger partial charge is 0.132 e. The van der Waals surface area contributed by atoms with Gasteiger partial charge < -0.3 is 10.6 Å². The van der Waals surface area contributed by atoms with Gasteiger partial charge in [-0.25, -0.2) is 9.97 Å². The van der Waals surface area contributed by atoms with Crippen LogP contribution in [0.15, 0.2) is 12.3 Å². The van der Waals surface area contributed by atoms with Crippen LogP contribution in [-0.4, -0.2) is 28.6 Å². The third-order valence-corrected chi connectivity index (χ3v) is 3.58. The van der Waals surface area contributed by atoms with Gasteiger partial charge in [-0.15, -0.1) is 0 Å². The van der Waals surface area contributed by atoms with Crippen LogP contribution in [0.1, 0.15) is 38.4 Å². The Labute approximate surface area is 103 Å². The molecular formula is C13H22N4. The molecule has 0 aromatic carbocycles. The fourth-order valence-corrected chi connectivity index (χ4v) is 2.62. The van der Waals surface area contributed by atoms with E-state index in [-0.39, 0.29) is 0 Å². The molecule has 2 rings (SSSR count). The van der Waals surface area contributed by atoms with Crippen molar-refractivity contribution in [1.29, 1.82) is 0 Å². The van der Waals surface area contributed by atoms with Crippen molar-refractivity contribution in [3.8, 4) is 0 Å². The maximum absolute atomic E-state index is 5.96. The highest BCUT2D eigenvalue weighted by Crippen LogP contribution is 2.25. The second-order valence-corrected chi connectivity index (χ2v) is 4.82. The Morgan fingerprint density at radius 3 is 2.65 bits per heavy atom. The lowest BCUT2D eigenvalue weighted by atomic mass is 9.91. The first-order valence-corrected chi connectivity index (χ1v) is 6.52. The van der Waals surface area contributed by atoms with Crippen LogP contribution in [0.5, 0.6) is 0 Å². The van der Waals surface area contributed by atoms with Gasteiger partial charge in [-0.1, -0.05) is 0 Å². The van der Waals surface area contributed by atoms with Gasteiger partial charge in [0.25, 0.3) is 0 Å². The average Bonchev–Trinajstić information content (AvgIpc) is 2.33. The normalized spacial score (nSPS) is 24.6. The summed E-state index contributed by atoms with van der Waals surface area (Å²) in [5.41, 5.74) is 5.96. The zero-order valence-electron chi connectivity index (χ0n) is 10.8. The molecule has 0 saturated heterocycles. The topological polar surface area (TPSA) is 55.0 Å². The summed E-state index contributed by atoms with van der Waals surface area (Å²) in [6.45, 7) is 5.12. The lowest BCUT2D eigenvalue weighted by molar-refractivity contribution is 0.376. The maximum Gasteiger partial charge on any atom is 0.132 e. The quantitative estimate of drug-likeness (QED) is 0.867. The third-order valence-electron chi connectivity index (χ3n) is 3.58. The largest absolute Gasteiger partial charge is 0.354 e. The molecule has 1 aromatic rings. The van der Waals surface area contributed by atoms with E-state index in [0.29, 0.717) is 12.1 Å². The Bertz CT molecular complexity index is 358. The van der Waals surface area contributed by atoms with Crippen LogP contribution in [0.4, 0.5) is 5.82 Å².